The van der Waals surface area contributed by atoms with Crippen molar-refractivity contribution in [1.82, 2.24) is 9.97 Å². The fourth-order valence-corrected chi connectivity index (χ4v) is 1.94. The van der Waals surface area contributed by atoms with Crippen molar-refractivity contribution in [3.8, 4) is 11.6 Å². The number of ether oxygens (including phenoxy) is 1. The molecule has 0 bridgehead atoms. The largest absolute Gasteiger partial charge is 0.437 e. The van der Waals surface area contributed by atoms with Crippen LogP contribution < -0.4 is 4.74 Å². The molecular weight excluding hydrogens is 260 g/mol. The molecule has 3 aromatic rings. The van der Waals surface area contributed by atoms with Crippen LogP contribution in [0.5, 0.6) is 11.6 Å². The molecule has 2 aromatic carbocycles. The van der Waals surface area contributed by atoms with E-state index >= 15 is 0 Å². The lowest BCUT2D eigenvalue weighted by atomic mass is 10.2. The molecule has 3 nitrogen and oxygen atoms in total. The van der Waals surface area contributed by atoms with Crippen LogP contribution in [-0.2, 0) is 0 Å². The molecule has 3 rings (SSSR count). The molecule has 0 amide bonds. The van der Waals surface area contributed by atoms with Crippen LogP contribution in [0.2, 0.25) is 0 Å². The van der Waals surface area contributed by atoms with Gasteiger partial charge in [0.05, 0.1) is 11.0 Å². The second-order valence-electron chi connectivity index (χ2n) is 4.47. The summed E-state index contributed by atoms with van der Waals surface area (Å²) in [5.74, 6) is 1.38. The van der Waals surface area contributed by atoms with Gasteiger partial charge in [0.2, 0.25) is 5.88 Å². The number of para-hydroxylation sites is 3. The van der Waals surface area contributed by atoms with Crippen molar-refractivity contribution in [2.24, 2.45) is 0 Å². The van der Waals surface area contributed by atoms with E-state index in [1.807, 2.05) is 76.2 Å². The van der Waals surface area contributed by atoms with Crippen LogP contribution in [0.15, 0.2) is 48.5 Å². The zero-order chi connectivity index (χ0) is 15.2. The van der Waals surface area contributed by atoms with Gasteiger partial charge in [0, 0.05) is 0 Å². The smallest absolute Gasteiger partial charge is 0.241 e. The number of hydrogen-bond acceptors (Lipinski definition) is 3. The number of aryl methyl sites for hydroxylation is 2. The van der Waals surface area contributed by atoms with Crippen LogP contribution in [0.1, 0.15) is 25.1 Å². The molecule has 0 aliphatic heterocycles. The highest BCUT2D eigenvalue weighted by Gasteiger charge is 2.08. The average Bonchev–Trinajstić information content (AvgIpc) is 2.52. The number of nitrogens with zero attached hydrogens (tertiary/aromatic N) is 2. The fraction of sp³-hybridized carbons (Fsp3) is 0.222. The Morgan fingerprint density at radius 1 is 0.762 bits per heavy atom. The molecule has 0 atom stereocenters. The zero-order valence-corrected chi connectivity index (χ0v) is 12.9. The highest BCUT2D eigenvalue weighted by atomic mass is 16.5. The van der Waals surface area contributed by atoms with E-state index in [0.29, 0.717) is 5.88 Å². The van der Waals surface area contributed by atoms with Gasteiger partial charge < -0.3 is 4.74 Å². The topological polar surface area (TPSA) is 35.0 Å². The SMILES string of the molecule is CC.Cc1ccccc1Oc1nc2ccccc2nc1C. The maximum absolute atomic E-state index is 5.87. The quantitative estimate of drug-likeness (QED) is 0.657. The lowest BCUT2D eigenvalue weighted by Crippen LogP contribution is -1.96. The molecule has 0 aliphatic carbocycles. The van der Waals surface area contributed by atoms with Gasteiger partial charge in [-0.2, -0.15) is 0 Å². The number of aromatic nitrogens is 2. The van der Waals surface area contributed by atoms with Gasteiger partial charge in [0.1, 0.15) is 11.4 Å². The van der Waals surface area contributed by atoms with E-state index in [4.69, 9.17) is 4.74 Å². The minimum atomic E-state index is 0.563. The molecule has 3 heteroatoms. The molecule has 0 saturated heterocycles. The molecule has 0 N–H and O–H groups in total. The summed E-state index contributed by atoms with van der Waals surface area (Å²) in [4.78, 5) is 9.04. The minimum Gasteiger partial charge on any atom is -0.437 e. The van der Waals surface area contributed by atoms with Crippen molar-refractivity contribution >= 4 is 11.0 Å². The Morgan fingerprint density at radius 2 is 1.33 bits per heavy atom. The van der Waals surface area contributed by atoms with E-state index in [0.717, 1.165) is 28.0 Å². The van der Waals surface area contributed by atoms with Gasteiger partial charge in [-0.05, 0) is 37.6 Å². The summed E-state index contributed by atoms with van der Waals surface area (Å²) >= 11 is 0. The Kier molecular flexibility index (Phi) is 4.88. The number of fused-ring (bicyclic) bond motifs is 1. The maximum atomic E-state index is 5.87. The number of benzene rings is 2. The molecule has 0 unspecified atom stereocenters. The highest BCUT2D eigenvalue weighted by molar-refractivity contribution is 5.74. The summed E-state index contributed by atoms with van der Waals surface area (Å²) in [5, 5.41) is 0. The lowest BCUT2D eigenvalue weighted by molar-refractivity contribution is 0.454. The molecule has 108 valence electrons. The number of hydrogen-bond donors (Lipinski definition) is 0. The third-order valence-corrected chi connectivity index (χ3v) is 3.00. The molecule has 1 aromatic heterocycles. The highest BCUT2D eigenvalue weighted by Crippen LogP contribution is 2.26. The van der Waals surface area contributed by atoms with Crippen molar-refractivity contribution in [3.05, 3.63) is 59.8 Å². The van der Waals surface area contributed by atoms with E-state index in [1.165, 1.54) is 0 Å². The first-order chi connectivity index (χ1) is 10.2. The van der Waals surface area contributed by atoms with Crippen molar-refractivity contribution in [2.75, 3.05) is 0 Å². The van der Waals surface area contributed by atoms with E-state index < -0.39 is 0 Å². The maximum Gasteiger partial charge on any atom is 0.241 e. The van der Waals surface area contributed by atoms with Crippen molar-refractivity contribution in [1.29, 1.82) is 0 Å². The predicted octanol–water partition coefficient (Wildman–Crippen LogP) is 5.07. The zero-order valence-electron chi connectivity index (χ0n) is 12.9. The minimum absolute atomic E-state index is 0.563. The van der Waals surface area contributed by atoms with Gasteiger partial charge in [-0.1, -0.05) is 44.2 Å². The van der Waals surface area contributed by atoms with Crippen molar-refractivity contribution in [2.45, 2.75) is 27.7 Å². The first-order valence-corrected chi connectivity index (χ1v) is 7.21. The van der Waals surface area contributed by atoms with E-state index in [-0.39, 0.29) is 0 Å². The molecule has 0 saturated carbocycles. The first kappa shape index (κ1) is 15.0. The predicted molar refractivity (Wildman–Crippen MR) is 86.9 cm³/mol. The van der Waals surface area contributed by atoms with Crippen LogP contribution >= 0.6 is 0 Å². The van der Waals surface area contributed by atoms with Crippen molar-refractivity contribution in [3.63, 3.8) is 0 Å². The molecular formula is C18H20N2O. The third kappa shape index (κ3) is 3.37. The van der Waals surface area contributed by atoms with Crippen LogP contribution in [0.4, 0.5) is 0 Å². The van der Waals surface area contributed by atoms with Gasteiger partial charge in [-0.3, -0.25) is 0 Å². The summed E-state index contributed by atoms with van der Waals surface area (Å²) in [5.41, 5.74) is 3.60. The van der Waals surface area contributed by atoms with Crippen LogP contribution in [-0.4, -0.2) is 9.97 Å². The van der Waals surface area contributed by atoms with Crippen molar-refractivity contribution < 1.29 is 4.74 Å². The van der Waals surface area contributed by atoms with Gasteiger partial charge >= 0.3 is 0 Å². The van der Waals surface area contributed by atoms with E-state index in [9.17, 15) is 0 Å². The molecule has 0 fully saturated rings. The summed E-state index contributed by atoms with van der Waals surface area (Å²) in [6, 6.07) is 15.7. The Balaban J connectivity index is 0.000000774. The molecule has 21 heavy (non-hydrogen) atoms. The second-order valence-corrected chi connectivity index (χ2v) is 4.47. The van der Waals surface area contributed by atoms with E-state index in [1.54, 1.807) is 0 Å². The molecule has 1 heterocycles. The summed E-state index contributed by atoms with van der Waals surface area (Å²) < 4.78 is 5.87. The monoisotopic (exact) mass is 280 g/mol. The normalized spacial score (nSPS) is 9.90. The average molecular weight is 280 g/mol. The van der Waals surface area contributed by atoms with Crippen LogP contribution in [0.25, 0.3) is 11.0 Å². The van der Waals surface area contributed by atoms with Crippen LogP contribution in [0, 0.1) is 13.8 Å². The second kappa shape index (κ2) is 6.84. The Labute approximate surface area is 125 Å². The van der Waals surface area contributed by atoms with Gasteiger partial charge in [-0.15, -0.1) is 0 Å². The van der Waals surface area contributed by atoms with Gasteiger partial charge in [-0.25, -0.2) is 9.97 Å². The van der Waals surface area contributed by atoms with E-state index in [2.05, 4.69) is 9.97 Å². The molecule has 0 aliphatic rings. The Morgan fingerprint density at radius 3 is 2.00 bits per heavy atom. The van der Waals surface area contributed by atoms with Gasteiger partial charge in [0.25, 0.3) is 0 Å². The third-order valence-electron chi connectivity index (χ3n) is 3.00. The van der Waals surface area contributed by atoms with Crippen LogP contribution in [0.3, 0.4) is 0 Å². The summed E-state index contributed by atoms with van der Waals surface area (Å²) in [7, 11) is 0. The molecule has 0 radical (unpaired) electrons. The first-order valence-electron chi connectivity index (χ1n) is 7.21. The summed E-state index contributed by atoms with van der Waals surface area (Å²) in [6.07, 6.45) is 0. The fourth-order valence-electron chi connectivity index (χ4n) is 1.94. The van der Waals surface area contributed by atoms with Gasteiger partial charge in [0.15, 0.2) is 0 Å². The molecule has 0 spiro atoms. The standard InChI is InChI=1S/C16H14N2O.C2H6/c1-11-7-3-6-10-15(11)19-16-12(2)17-13-8-4-5-9-14(13)18-16;1-2/h3-10H,1-2H3;1-2H3. The summed E-state index contributed by atoms with van der Waals surface area (Å²) in [6.45, 7) is 7.92. The number of rotatable bonds is 2. The Hall–Kier alpha value is -2.42. The lowest BCUT2D eigenvalue weighted by Gasteiger charge is -2.10. The Bertz CT molecular complexity index is 738.